The highest BCUT2D eigenvalue weighted by Gasteiger charge is 2.30. The van der Waals surface area contributed by atoms with Crippen LogP contribution in [-0.4, -0.2) is 28.0 Å². The summed E-state index contributed by atoms with van der Waals surface area (Å²) in [5.74, 6) is 1.27. The number of aromatic nitrogens is 3. The molecule has 4 rings (SSSR count). The van der Waals surface area contributed by atoms with Crippen LogP contribution in [0.25, 0.3) is 11.4 Å². The number of pyridine rings is 1. The number of nitrogens with zero attached hydrogens (tertiary/aromatic N) is 3. The predicted octanol–water partition coefficient (Wildman–Crippen LogP) is 4.77. The molecular formula is C21H20F3N5. The Kier molecular flexibility index (Phi) is 5.44. The van der Waals surface area contributed by atoms with Crippen molar-refractivity contribution in [2.24, 2.45) is 0 Å². The molecule has 1 aromatic carbocycles. The SMILES string of the molecule is FC(F)(F)c1ccnc(Nc2cc(C3CCCNC3)nc(-c3ccccc3)n2)c1. The van der Waals surface area contributed by atoms with Crippen molar-refractivity contribution in [2.75, 3.05) is 18.4 Å². The maximum Gasteiger partial charge on any atom is 0.416 e. The van der Waals surface area contributed by atoms with E-state index >= 15 is 0 Å². The quantitative estimate of drug-likeness (QED) is 0.662. The van der Waals surface area contributed by atoms with Crippen LogP contribution in [0.1, 0.15) is 30.0 Å². The third-order valence-corrected chi connectivity index (χ3v) is 4.84. The Balaban J connectivity index is 1.70. The van der Waals surface area contributed by atoms with Gasteiger partial charge in [-0.3, -0.25) is 0 Å². The van der Waals surface area contributed by atoms with Crippen molar-refractivity contribution in [3.05, 3.63) is 66.0 Å². The van der Waals surface area contributed by atoms with Crippen molar-refractivity contribution in [1.82, 2.24) is 20.3 Å². The summed E-state index contributed by atoms with van der Waals surface area (Å²) in [5.41, 5.74) is 0.947. The number of hydrogen-bond acceptors (Lipinski definition) is 5. The van der Waals surface area contributed by atoms with Gasteiger partial charge < -0.3 is 10.6 Å². The Bertz CT molecular complexity index is 970. The van der Waals surface area contributed by atoms with E-state index in [1.807, 2.05) is 30.3 Å². The smallest absolute Gasteiger partial charge is 0.325 e. The van der Waals surface area contributed by atoms with Gasteiger partial charge in [0, 0.05) is 30.3 Å². The topological polar surface area (TPSA) is 62.7 Å². The zero-order valence-corrected chi connectivity index (χ0v) is 15.6. The molecular weight excluding hydrogens is 379 g/mol. The maximum atomic E-state index is 13.0. The normalized spacial score (nSPS) is 17.1. The van der Waals surface area contributed by atoms with Gasteiger partial charge in [-0.2, -0.15) is 13.2 Å². The molecule has 0 amide bonds. The van der Waals surface area contributed by atoms with Crippen molar-refractivity contribution in [1.29, 1.82) is 0 Å². The molecule has 1 unspecified atom stereocenters. The van der Waals surface area contributed by atoms with Crippen LogP contribution >= 0.6 is 0 Å². The molecule has 2 N–H and O–H groups in total. The minimum atomic E-state index is -4.43. The minimum Gasteiger partial charge on any atom is -0.325 e. The van der Waals surface area contributed by atoms with Crippen LogP contribution in [0.4, 0.5) is 24.8 Å². The van der Waals surface area contributed by atoms with Crippen molar-refractivity contribution >= 4 is 11.6 Å². The van der Waals surface area contributed by atoms with E-state index in [0.29, 0.717) is 11.6 Å². The zero-order valence-electron chi connectivity index (χ0n) is 15.6. The molecule has 1 atom stereocenters. The van der Waals surface area contributed by atoms with E-state index in [1.54, 1.807) is 6.07 Å². The van der Waals surface area contributed by atoms with E-state index < -0.39 is 11.7 Å². The number of piperidine rings is 1. The number of rotatable bonds is 4. The summed E-state index contributed by atoms with van der Waals surface area (Å²) in [6, 6.07) is 13.2. The van der Waals surface area contributed by atoms with E-state index in [1.165, 1.54) is 0 Å². The molecule has 0 bridgehead atoms. The van der Waals surface area contributed by atoms with Gasteiger partial charge in [-0.1, -0.05) is 30.3 Å². The van der Waals surface area contributed by atoms with Gasteiger partial charge in [-0.15, -0.1) is 0 Å². The van der Waals surface area contributed by atoms with Crippen LogP contribution < -0.4 is 10.6 Å². The lowest BCUT2D eigenvalue weighted by atomic mass is 9.95. The van der Waals surface area contributed by atoms with E-state index in [9.17, 15) is 13.2 Å². The summed E-state index contributed by atoms with van der Waals surface area (Å²) in [7, 11) is 0. The Morgan fingerprint density at radius 1 is 1.00 bits per heavy atom. The van der Waals surface area contributed by atoms with Gasteiger partial charge in [0.1, 0.15) is 11.6 Å². The van der Waals surface area contributed by atoms with Gasteiger partial charge in [0.15, 0.2) is 5.82 Å². The Morgan fingerprint density at radius 2 is 1.83 bits per heavy atom. The lowest BCUT2D eigenvalue weighted by Gasteiger charge is -2.23. The van der Waals surface area contributed by atoms with Crippen molar-refractivity contribution in [3.8, 4) is 11.4 Å². The molecule has 29 heavy (non-hydrogen) atoms. The third kappa shape index (κ3) is 4.71. The predicted molar refractivity (Wildman–Crippen MR) is 105 cm³/mol. The number of nitrogens with one attached hydrogen (secondary N) is 2. The lowest BCUT2D eigenvalue weighted by Crippen LogP contribution is -2.29. The molecule has 2 aromatic heterocycles. The van der Waals surface area contributed by atoms with Crippen LogP contribution in [-0.2, 0) is 6.18 Å². The first-order valence-electron chi connectivity index (χ1n) is 9.44. The highest BCUT2D eigenvalue weighted by Crippen LogP contribution is 2.31. The van der Waals surface area contributed by atoms with Crippen molar-refractivity contribution < 1.29 is 13.2 Å². The standard InChI is InChI=1S/C21H20F3N5/c22-21(23,24)16-8-10-26-18(11-16)28-19-12-17(15-7-4-9-25-13-15)27-20(29-19)14-5-2-1-3-6-14/h1-3,5-6,8,10-12,15,25H,4,7,9,13H2,(H,26,27,28,29). The fraction of sp³-hybridized carbons (Fsp3) is 0.286. The number of anilines is 2. The van der Waals surface area contributed by atoms with Gasteiger partial charge in [-0.05, 0) is 31.5 Å². The molecule has 3 aromatic rings. The molecule has 1 aliphatic rings. The van der Waals surface area contributed by atoms with Crippen LogP contribution in [0.15, 0.2) is 54.7 Å². The number of hydrogen-bond donors (Lipinski definition) is 2. The number of benzene rings is 1. The van der Waals surface area contributed by atoms with Crippen molar-refractivity contribution in [3.63, 3.8) is 0 Å². The molecule has 3 heterocycles. The van der Waals surface area contributed by atoms with Crippen LogP contribution in [0, 0.1) is 0 Å². The average molecular weight is 399 g/mol. The minimum absolute atomic E-state index is 0.0882. The molecule has 0 spiro atoms. The molecule has 8 heteroatoms. The monoisotopic (exact) mass is 399 g/mol. The van der Waals surface area contributed by atoms with Gasteiger partial charge >= 0.3 is 6.18 Å². The Labute approximate surface area is 166 Å². The molecule has 0 radical (unpaired) electrons. The highest BCUT2D eigenvalue weighted by atomic mass is 19.4. The van der Waals surface area contributed by atoms with Crippen LogP contribution in [0.2, 0.25) is 0 Å². The van der Waals surface area contributed by atoms with Crippen LogP contribution in [0.3, 0.4) is 0 Å². The number of alkyl halides is 3. The van der Waals surface area contributed by atoms with E-state index in [0.717, 1.165) is 55.5 Å². The summed E-state index contributed by atoms with van der Waals surface area (Å²) in [4.78, 5) is 13.3. The van der Waals surface area contributed by atoms with Gasteiger partial charge in [0.25, 0.3) is 0 Å². The fourth-order valence-electron chi connectivity index (χ4n) is 3.37. The molecule has 1 fully saturated rings. The molecule has 1 aliphatic heterocycles. The highest BCUT2D eigenvalue weighted by molar-refractivity contribution is 5.60. The number of halogens is 3. The first-order chi connectivity index (χ1) is 14.0. The summed E-state index contributed by atoms with van der Waals surface area (Å²) in [5, 5.41) is 6.29. The zero-order chi connectivity index (χ0) is 20.3. The Morgan fingerprint density at radius 3 is 2.55 bits per heavy atom. The average Bonchev–Trinajstić information content (AvgIpc) is 2.74. The van der Waals surface area contributed by atoms with Gasteiger partial charge in [0.2, 0.25) is 0 Å². The van der Waals surface area contributed by atoms with E-state index in [2.05, 4.69) is 20.6 Å². The second-order valence-corrected chi connectivity index (χ2v) is 6.96. The van der Waals surface area contributed by atoms with Gasteiger partial charge in [-0.25, -0.2) is 15.0 Å². The lowest BCUT2D eigenvalue weighted by molar-refractivity contribution is -0.137. The van der Waals surface area contributed by atoms with E-state index in [4.69, 9.17) is 4.98 Å². The van der Waals surface area contributed by atoms with E-state index in [-0.39, 0.29) is 11.7 Å². The summed E-state index contributed by atoms with van der Waals surface area (Å²) >= 11 is 0. The summed E-state index contributed by atoms with van der Waals surface area (Å²) in [6.45, 7) is 1.79. The third-order valence-electron chi connectivity index (χ3n) is 4.84. The second-order valence-electron chi connectivity index (χ2n) is 6.96. The fourth-order valence-corrected chi connectivity index (χ4v) is 3.37. The van der Waals surface area contributed by atoms with Gasteiger partial charge in [0.05, 0.1) is 11.3 Å². The molecule has 5 nitrogen and oxygen atoms in total. The molecule has 0 saturated carbocycles. The molecule has 0 aliphatic carbocycles. The summed E-state index contributed by atoms with van der Waals surface area (Å²) in [6.07, 6.45) is -1.25. The van der Waals surface area contributed by atoms with Crippen molar-refractivity contribution in [2.45, 2.75) is 24.9 Å². The first kappa shape index (κ1) is 19.3. The second kappa shape index (κ2) is 8.16. The summed E-state index contributed by atoms with van der Waals surface area (Å²) < 4.78 is 39.0. The largest absolute Gasteiger partial charge is 0.416 e. The Hall–Kier alpha value is -3.00. The maximum absolute atomic E-state index is 13.0. The van der Waals surface area contributed by atoms with Crippen LogP contribution in [0.5, 0.6) is 0 Å². The first-order valence-corrected chi connectivity index (χ1v) is 9.44. The molecule has 1 saturated heterocycles. The molecule has 150 valence electrons.